The third-order valence-electron chi connectivity index (χ3n) is 11.4. The van der Waals surface area contributed by atoms with Gasteiger partial charge in [0.15, 0.2) is 5.82 Å². The third kappa shape index (κ3) is 5.82. The van der Waals surface area contributed by atoms with Crippen LogP contribution in [0, 0.1) is 0 Å². The third-order valence-corrected chi connectivity index (χ3v) is 11.4. The average molecular weight is 737 g/mol. The molecule has 1 heterocycles. The van der Waals surface area contributed by atoms with E-state index in [0.717, 1.165) is 50.0 Å². The van der Waals surface area contributed by atoms with Crippen LogP contribution in [0.2, 0.25) is 0 Å². The molecule has 0 aliphatic carbocycles. The Morgan fingerprint density at radius 3 is 1.31 bits per heavy atom. The lowest BCUT2D eigenvalue weighted by molar-refractivity contribution is 1.19. The van der Waals surface area contributed by atoms with Crippen molar-refractivity contribution in [1.82, 2.24) is 9.97 Å². The lowest BCUT2D eigenvalue weighted by atomic mass is 9.85. The molecular weight excluding hydrogens is 701 g/mol. The lowest BCUT2D eigenvalue weighted by Gasteiger charge is -2.18. The second kappa shape index (κ2) is 14.1. The minimum absolute atomic E-state index is 0.702. The van der Waals surface area contributed by atoms with Gasteiger partial charge in [-0.1, -0.05) is 200 Å². The highest BCUT2D eigenvalue weighted by molar-refractivity contribution is 6.21. The topological polar surface area (TPSA) is 25.8 Å². The Kier molecular flexibility index (Phi) is 8.19. The zero-order valence-corrected chi connectivity index (χ0v) is 31.7. The van der Waals surface area contributed by atoms with Gasteiger partial charge in [0.05, 0.1) is 11.4 Å². The van der Waals surface area contributed by atoms with Crippen molar-refractivity contribution in [1.29, 1.82) is 0 Å². The molecule has 0 aliphatic heterocycles. The van der Waals surface area contributed by atoms with Gasteiger partial charge in [-0.15, -0.1) is 0 Å². The van der Waals surface area contributed by atoms with E-state index in [0.29, 0.717) is 5.82 Å². The summed E-state index contributed by atoms with van der Waals surface area (Å²) in [6.45, 7) is 0. The van der Waals surface area contributed by atoms with E-state index < -0.39 is 0 Å². The Balaban J connectivity index is 1.09. The van der Waals surface area contributed by atoms with Gasteiger partial charge in [0.1, 0.15) is 0 Å². The van der Waals surface area contributed by atoms with Crippen molar-refractivity contribution < 1.29 is 0 Å². The zero-order chi connectivity index (χ0) is 38.4. The molecule has 58 heavy (non-hydrogen) atoms. The van der Waals surface area contributed by atoms with Crippen LogP contribution >= 0.6 is 0 Å². The molecule has 0 spiro atoms. The molecule has 11 aromatic rings. The number of nitrogens with zero attached hydrogens (tertiary/aromatic N) is 2. The van der Waals surface area contributed by atoms with Crippen molar-refractivity contribution in [3.63, 3.8) is 0 Å². The van der Waals surface area contributed by atoms with Crippen molar-refractivity contribution in [3.05, 3.63) is 218 Å². The highest BCUT2D eigenvalue weighted by atomic mass is 14.9. The first-order valence-electron chi connectivity index (χ1n) is 19.8. The number of hydrogen-bond donors (Lipinski definition) is 0. The van der Waals surface area contributed by atoms with Gasteiger partial charge in [0, 0.05) is 16.7 Å². The summed E-state index contributed by atoms with van der Waals surface area (Å²) in [5.74, 6) is 0.702. The molecule has 0 radical (unpaired) electrons. The second-order valence-electron chi connectivity index (χ2n) is 14.9. The van der Waals surface area contributed by atoms with Crippen LogP contribution in [0.3, 0.4) is 0 Å². The molecule has 0 saturated heterocycles. The molecule has 0 unspecified atom stereocenters. The maximum atomic E-state index is 5.31. The molecule has 0 atom stereocenters. The Hall–Kier alpha value is -7.68. The molecule has 0 amide bonds. The highest BCUT2D eigenvalue weighted by Gasteiger charge is 2.19. The molecule has 0 aliphatic rings. The van der Waals surface area contributed by atoms with Gasteiger partial charge in [0.2, 0.25) is 0 Å². The Bertz CT molecular complexity index is 3260. The van der Waals surface area contributed by atoms with Crippen LogP contribution in [0.5, 0.6) is 0 Å². The monoisotopic (exact) mass is 736 g/mol. The van der Waals surface area contributed by atoms with Crippen molar-refractivity contribution in [3.8, 4) is 67.3 Å². The largest absolute Gasteiger partial charge is 0.228 e. The predicted molar refractivity (Wildman–Crippen MR) is 245 cm³/mol. The van der Waals surface area contributed by atoms with E-state index in [4.69, 9.17) is 9.97 Å². The van der Waals surface area contributed by atoms with Crippen LogP contribution in [0.1, 0.15) is 0 Å². The summed E-state index contributed by atoms with van der Waals surface area (Å²) >= 11 is 0. The van der Waals surface area contributed by atoms with Gasteiger partial charge in [-0.2, -0.15) is 0 Å². The predicted octanol–water partition coefficient (Wildman–Crippen LogP) is 15.1. The summed E-state index contributed by atoms with van der Waals surface area (Å²) in [6.07, 6.45) is 0. The van der Waals surface area contributed by atoms with Crippen molar-refractivity contribution in [2.75, 3.05) is 0 Å². The van der Waals surface area contributed by atoms with E-state index in [1.807, 2.05) is 18.2 Å². The number of aromatic nitrogens is 2. The first-order chi connectivity index (χ1) is 28.8. The maximum absolute atomic E-state index is 5.31. The highest BCUT2D eigenvalue weighted by Crippen LogP contribution is 2.45. The van der Waals surface area contributed by atoms with Crippen LogP contribution in [0.15, 0.2) is 218 Å². The van der Waals surface area contributed by atoms with Crippen LogP contribution in [0.25, 0.3) is 110 Å². The van der Waals surface area contributed by atoms with E-state index in [9.17, 15) is 0 Å². The van der Waals surface area contributed by atoms with Gasteiger partial charge in [-0.3, -0.25) is 0 Å². The smallest absolute Gasteiger partial charge is 0.160 e. The van der Waals surface area contributed by atoms with Crippen LogP contribution in [-0.2, 0) is 0 Å². The Morgan fingerprint density at radius 2 is 0.690 bits per heavy atom. The van der Waals surface area contributed by atoms with Crippen molar-refractivity contribution in [2.24, 2.45) is 0 Å². The number of benzene rings is 10. The lowest BCUT2D eigenvalue weighted by Crippen LogP contribution is -1.98. The van der Waals surface area contributed by atoms with Gasteiger partial charge in [-0.25, -0.2) is 9.97 Å². The summed E-state index contributed by atoms with van der Waals surface area (Å²) < 4.78 is 0. The summed E-state index contributed by atoms with van der Waals surface area (Å²) in [7, 11) is 0. The molecule has 0 fully saturated rings. The maximum Gasteiger partial charge on any atom is 0.160 e. The molecule has 0 N–H and O–H groups in total. The molecule has 11 rings (SSSR count). The summed E-state index contributed by atoms with van der Waals surface area (Å²) in [5, 5.41) is 9.70. The van der Waals surface area contributed by atoms with Gasteiger partial charge < -0.3 is 0 Å². The minimum atomic E-state index is 0.702. The van der Waals surface area contributed by atoms with E-state index in [1.54, 1.807) is 0 Å². The number of hydrogen-bond acceptors (Lipinski definition) is 2. The Morgan fingerprint density at radius 1 is 0.241 bits per heavy atom. The fraction of sp³-hybridized carbons (Fsp3) is 0. The van der Waals surface area contributed by atoms with E-state index in [2.05, 4.69) is 200 Å². The van der Waals surface area contributed by atoms with E-state index in [-0.39, 0.29) is 0 Å². The van der Waals surface area contributed by atoms with E-state index >= 15 is 0 Å². The molecule has 0 bridgehead atoms. The van der Waals surface area contributed by atoms with Crippen LogP contribution in [-0.4, -0.2) is 9.97 Å². The molecule has 2 heteroatoms. The number of rotatable bonds is 6. The molecule has 1 aromatic heterocycles. The zero-order valence-electron chi connectivity index (χ0n) is 31.7. The first-order valence-corrected chi connectivity index (χ1v) is 19.8. The van der Waals surface area contributed by atoms with Gasteiger partial charge in [-0.05, 0) is 94.7 Å². The molecule has 10 aromatic carbocycles. The molecule has 270 valence electrons. The normalized spacial score (nSPS) is 11.4. The van der Waals surface area contributed by atoms with E-state index in [1.165, 1.54) is 54.6 Å². The molecule has 2 nitrogen and oxygen atoms in total. The fourth-order valence-corrected chi connectivity index (χ4v) is 8.76. The molecular formula is C56H36N2. The summed E-state index contributed by atoms with van der Waals surface area (Å²) in [4.78, 5) is 10.6. The van der Waals surface area contributed by atoms with Gasteiger partial charge >= 0.3 is 0 Å². The summed E-state index contributed by atoms with van der Waals surface area (Å²) in [6, 6.07) is 78.2. The fourth-order valence-electron chi connectivity index (χ4n) is 8.76. The SMILES string of the molecule is c1ccc(-c2nc(-c3ccc4cc(-c5c6ccccc6c(-c6ccccc6)c6ccccc56)ccc4c3)cc(-c3c(-c4ccccc4)ccc4ccccc34)n2)cc1. The van der Waals surface area contributed by atoms with Gasteiger partial charge in [0.25, 0.3) is 0 Å². The van der Waals surface area contributed by atoms with Crippen molar-refractivity contribution in [2.45, 2.75) is 0 Å². The van der Waals surface area contributed by atoms with Crippen molar-refractivity contribution >= 4 is 43.1 Å². The molecule has 0 saturated carbocycles. The first kappa shape index (κ1) is 33.6. The standard InChI is InChI=1S/C56H36N2/c1-4-16-37(17-5-1)46-33-32-38-18-10-11-23-45(38)55(46)52-36-51(57-56(58-52)40-21-8-3-9-22-40)43-30-28-42-35-44(31-29-41(42)34-43)54-49-26-14-12-24-47(49)53(39-19-6-2-7-20-39)48-25-13-15-27-50(48)54/h1-36H. The van der Waals surface area contributed by atoms with Crippen LogP contribution in [0.4, 0.5) is 0 Å². The van der Waals surface area contributed by atoms with Crippen LogP contribution < -0.4 is 0 Å². The summed E-state index contributed by atoms with van der Waals surface area (Å²) in [5.41, 5.74) is 12.2. The minimum Gasteiger partial charge on any atom is -0.228 e. The average Bonchev–Trinajstić information content (AvgIpc) is 3.30. The second-order valence-corrected chi connectivity index (χ2v) is 14.9. The number of fused-ring (bicyclic) bond motifs is 4. The Labute approximate surface area is 337 Å². The quantitative estimate of drug-likeness (QED) is 0.159.